The first-order valence-corrected chi connectivity index (χ1v) is 6.73. The van der Waals surface area contributed by atoms with Gasteiger partial charge in [0.05, 0.1) is 0 Å². The van der Waals surface area contributed by atoms with Gasteiger partial charge >= 0.3 is 5.97 Å². The molecule has 0 aromatic heterocycles. The number of nitrogen functional groups attached to an aromatic ring is 1. The third-order valence-electron chi connectivity index (χ3n) is 3.27. The van der Waals surface area contributed by atoms with E-state index in [4.69, 9.17) is 19.9 Å². The van der Waals surface area contributed by atoms with Gasteiger partial charge in [-0.1, -0.05) is 0 Å². The van der Waals surface area contributed by atoms with Gasteiger partial charge in [-0.25, -0.2) is 0 Å². The summed E-state index contributed by atoms with van der Waals surface area (Å²) in [5, 5.41) is 30.0. The van der Waals surface area contributed by atoms with E-state index >= 15 is 0 Å². The number of nitrogens with two attached hydrogens (primary N) is 1. The Labute approximate surface area is 127 Å². The van der Waals surface area contributed by atoms with Gasteiger partial charge in [0.15, 0.2) is 12.4 Å². The lowest BCUT2D eigenvalue weighted by Gasteiger charge is -2.40. The van der Waals surface area contributed by atoms with Crippen LogP contribution in [-0.2, 0) is 14.3 Å². The fraction of sp³-hybridized carbons (Fsp3) is 0.500. The maximum Gasteiger partial charge on any atom is 0.302 e. The molecule has 0 bridgehead atoms. The number of carbonyl (C=O) groups is 1. The van der Waals surface area contributed by atoms with Crippen LogP contribution in [0.2, 0.25) is 0 Å². The number of ether oxygens (including phenoxy) is 3. The Morgan fingerprint density at radius 3 is 2.45 bits per heavy atom. The molecule has 0 radical (unpaired) electrons. The Morgan fingerprint density at radius 1 is 1.23 bits per heavy atom. The summed E-state index contributed by atoms with van der Waals surface area (Å²) in [6.07, 6.45) is -6.51. The molecule has 22 heavy (non-hydrogen) atoms. The summed E-state index contributed by atoms with van der Waals surface area (Å²) in [6.45, 7) is 0.925. The van der Waals surface area contributed by atoms with Gasteiger partial charge in [-0.2, -0.15) is 0 Å². The molecule has 8 nitrogen and oxygen atoms in total. The smallest absolute Gasteiger partial charge is 0.302 e. The molecule has 0 saturated carbocycles. The highest BCUT2D eigenvalue weighted by Crippen LogP contribution is 2.25. The largest absolute Gasteiger partial charge is 0.482 e. The maximum absolute atomic E-state index is 10.8. The van der Waals surface area contributed by atoms with Crippen molar-refractivity contribution in [3.8, 4) is 5.75 Å². The van der Waals surface area contributed by atoms with E-state index in [2.05, 4.69) is 0 Å². The van der Waals surface area contributed by atoms with Crippen molar-refractivity contribution in [3.63, 3.8) is 0 Å². The molecule has 1 aromatic rings. The number of carbonyl (C=O) groups excluding carboxylic acids is 1. The van der Waals surface area contributed by atoms with Crippen molar-refractivity contribution in [3.05, 3.63) is 24.3 Å². The molecule has 0 spiro atoms. The Kier molecular flexibility index (Phi) is 5.19. The first-order valence-electron chi connectivity index (χ1n) is 6.73. The third-order valence-corrected chi connectivity index (χ3v) is 3.27. The average Bonchev–Trinajstić information content (AvgIpc) is 2.47. The molecule has 8 heteroatoms. The molecule has 2 rings (SSSR count). The normalized spacial score (nSPS) is 31.5. The molecular weight excluding hydrogens is 294 g/mol. The van der Waals surface area contributed by atoms with Gasteiger partial charge < -0.3 is 35.3 Å². The Hall–Kier alpha value is -1.87. The molecule has 1 saturated heterocycles. The fourth-order valence-corrected chi connectivity index (χ4v) is 2.09. The zero-order valence-corrected chi connectivity index (χ0v) is 12.0. The Bertz CT molecular complexity index is 506. The Morgan fingerprint density at radius 2 is 1.86 bits per heavy atom. The number of aliphatic hydroxyl groups excluding tert-OH is 3. The number of hydrogen-bond donors (Lipinski definition) is 4. The molecule has 1 fully saturated rings. The zero-order chi connectivity index (χ0) is 16.3. The van der Waals surface area contributed by atoms with Crippen LogP contribution in [0, 0.1) is 0 Å². The number of rotatable bonds is 4. The first-order chi connectivity index (χ1) is 10.4. The third kappa shape index (κ3) is 3.86. The zero-order valence-electron chi connectivity index (χ0n) is 12.0. The van der Waals surface area contributed by atoms with Crippen LogP contribution < -0.4 is 10.5 Å². The van der Waals surface area contributed by atoms with Gasteiger partial charge in [-0.15, -0.1) is 0 Å². The molecule has 1 aliphatic rings. The second-order valence-corrected chi connectivity index (χ2v) is 5.00. The van der Waals surface area contributed by atoms with Crippen molar-refractivity contribution >= 4 is 11.7 Å². The van der Waals surface area contributed by atoms with E-state index < -0.39 is 36.7 Å². The van der Waals surface area contributed by atoms with Gasteiger partial charge in [-0.3, -0.25) is 4.79 Å². The van der Waals surface area contributed by atoms with E-state index in [-0.39, 0.29) is 6.61 Å². The molecule has 122 valence electrons. The van der Waals surface area contributed by atoms with Crippen LogP contribution in [0.15, 0.2) is 24.3 Å². The van der Waals surface area contributed by atoms with Crippen LogP contribution in [0.5, 0.6) is 5.75 Å². The van der Waals surface area contributed by atoms with Crippen LogP contribution in [0.3, 0.4) is 0 Å². The fourth-order valence-electron chi connectivity index (χ4n) is 2.09. The predicted molar refractivity (Wildman–Crippen MR) is 74.8 cm³/mol. The van der Waals surface area contributed by atoms with Crippen molar-refractivity contribution < 1.29 is 34.3 Å². The summed E-state index contributed by atoms with van der Waals surface area (Å²) < 4.78 is 15.3. The van der Waals surface area contributed by atoms with Gasteiger partial charge in [-0.05, 0) is 24.3 Å². The summed E-state index contributed by atoms with van der Waals surface area (Å²) in [6, 6.07) is 6.31. The lowest BCUT2D eigenvalue weighted by Crippen LogP contribution is -2.60. The second kappa shape index (κ2) is 6.93. The van der Waals surface area contributed by atoms with E-state index in [9.17, 15) is 20.1 Å². The molecule has 0 unspecified atom stereocenters. The molecule has 5 N–H and O–H groups in total. The first kappa shape index (κ1) is 16.5. The van der Waals surface area contributed by atoms with Gasteiger partial charge in [0.1, 0.15) is 30.7 Å². The highest BCUT2D eigenvalue weighted by molar-refractivity contribution is 5.65. The SMILES string of the molecule is CC(=O)OC[C@H]1O[C@@H](O)[C@H](Oc2ccc(N)cc2)[C@@H](O)[C@H]1O. The van der Waals surface area contributed by atoms with E-state index in [1.54, 1.807) is 24.3 Å². The lowest BCUT2D eigenvalue weighted by molar-refractivity contribution is -0.281. The van der Waals surface area contributed by atoms with E-state index in [0.29, 0.717) is 11.4 Å². The van der Waals surface area contributed by atoms with Crippen LogP contribution in [0.25, 0.3) is 0 Å². The van der Waals surface area contributed by atoms with Gasteiger partial charge in [0.25, 0.3) is 0 Å². The number of anilines is 1. The standard InChI is InChI=1S/C14H19NO7/c1-7(16)20-6-10-11(17)12(18)13(14(19)22-10)21-9-4-2-8(15)3-5-9/h2-5,10-14,17-19H,6,15H2,1H3/t10-,11+,12+,13-,14-/m1/s1. The summed E-state index contributed by atoms with van der Waals surface area (Å²) >= 11 is 0. The molecule has 5 atom stereocenters. The van der Waals surface area contributed by atoms with Crippen molar-refractivity contribution in [2.45, 2.75) is 37.6 Å². The number of esters is 1. The molecule has 1 aromatic carbocycles. The van der Waals surface area contributed by atoms with Crippen molar-refractivity contribution in [2.24, 2.45) is 0 Å². The second-order valence-electron chi connectivity index (χ2n) is 5.00. The van der Waals surface area contributed by atoms with E-state index in [1.807, 2.05) is 0 Å². The van der Waals surface area contributed by atoms with E-state index in [0.717, 1.165) is 0 Å². The minimum atomic E-state index is -1.49. The summed E-state index contributed by atoms with van der Waals surface area (Å²) in [5.74, 6) is -0.202. The minimum absolute atomic E-state index is 0.279. The topological polar surface area (TPSA) is 131 Å². The maximum atomic E-state index is 10.8. The monoisotopic (exact) mass is 313 g/mol. The predicted octanol–water partition coefficient (Wildman–Crippen LogP) is -0.982. The van der Waals surface area contributed by atoms with Crippen molar-refractivity contribution in [1.82, 2.24) is 0 Å². The minimum Gasteiger partial charge on any atom is -0.482 e. The quantitative estimate of drug-likeness (QED) is 0.412. The molecule has 1 heterocycles. The van der Waals surface area contributed by atoms with Gasteiger partial charge in [0, 0.05) is 12.6 Å². The van der Waals surface area contributed by atoms with Crippen molar-refractivity contribution in [1.29, 1.82) is 0 Å². The van der Waals surface area contributed by atoms with Crippen LogP contribution in [-0.4, -0.2) is 58.6 Å². The number of aliphatic hydroxyl groups is 3. The van der Waals surface area contributed by atoms with Gasteiger partial charge in [0.2, 0.25) is 0 Å². The summed E-state index contributed by atoms with van der Waals surface area (Å²) in [7, 11) is 0. The highest BCUT2D eigenvalue weighted by atomic mass is 16.7. The number of hydrogen-bond acceptors (Lipinski definition) is 8. The van der Waals surface area contributed by atoms with E-state index in [1.165, 1.54) is 6.92 Å². The average molecular weight is 313 g/mol. The Balaban J connectivity index is 2.02. The number of benzene rings is 1. The van der Waals surface area contributed by atoms with Crippen LogP contribution >= 0.6 is 0 Å². The highest BCUT2D eigenvalue weighted by Gasteiger charge is 2.45. The summed E-state index contributed by atoms with van der Waals surface area (Å²) in [5.41, 5.74) is 6.09. The lowest BCUT2D eigenvalue weighted by atomic mass is 9.99. The molecule has 0 amide bonds. The van der Waals surface area contributed by atoms with Crippen LogP contribution in [0.4, 0.5) is 5.69 Å². The molecular formula is C14H19NO7. The molecule has 1 aliphatic heterocycles. The summed E-state index contributed by atoms with van der Waals surface area (Å²) in [4.78, 5) is 10.8. The molecule has 0 aliphatic carbocycles. The van der Waals surface area contributed by atoms with Crippen molar-refractivity contribution in [2.75, 3.05) is 12.3 Å². The van der Waals surface area contributed by atoms with Crippen LogP contribution in [0.1, 0.15) is 6.92 Å².